The standard InChI is InChI=1S/C14H13Cl2FN2O3/c15-13(16)14(21)19-10(7-17)12(20)9-3-1-8(2-4-9)11-5-6-18-22-11/h1-6,10,12-13,20H,7H2,(H,19,21). The minimum absolute atomic E-state index is 0.437. The van der Waals surface area contributed by atoms with E-state index in [1.807, 2.05) is 0 Å². The van der Waals surface area contributed by atoms with E-state index in [1.54, 1.807) is 30.3 Å². The molecule has 2 N–H and O–H groups in total. The smallest absolute Gasteiger partial charge is 0.253 e. The van der Waals surface area contributed by atoms with Crippen LogP contribution in [0.4, 0.5) is 4.39 Å². The zero-order chi connectivity index (χ0) is 16.1. The average molecular weight is 347 g/mol. The Morgan fingerprint density at radius 1 is 1.32 bits per heavy atom. The van der Waals surface area contributed by atoms with E-state index in [4.69, 9.17) is 27.7 Å². The number of hydrogen-bond acceptors (Lipinski definition) is 4. The number of carbonyl (C=O) groups is 1. The summed E-state index contributed by atoms with van der Waals surface area (Å²) in [5, 5.41) is 16.0. The van der Waals surface area contributed by atoms with Crippen molar-refractivity contribution in [1.82, 2.24) is 10.5 Å². The summed E-state index contributed by atoms with van der Waals surface area (Å²) in [6, 6.07) is 7.16. The van der Waals surface area contributed by atoms with Crippen LogP contribution >= 0.6 is 23.2 Å². The highest BCUT2D eigenvalue weighted by atomic mass is 35.5. The molecule has 0 aliphatic carbocycles. The fraction of sp³-hybridized carbons (Fsp3) is 0.286. The van der Waals surface area contributed by atoms with Crippen LogP contribution in [0.3, 0.4) is 0 Å². The van der Waals surface area contributed by atoms with E-state index in [9.17, 15) is 14.3 Å². The number of rotatable bonds is 6. The van der Waals surface area contributed by atoms with Gasteiger partial charge in [0, 0.05) is 11.6 Å². The first-order chi connectivity index (χ1) is 10.5. The number of halogens is 3. The first kappa shape index (κ1) is 16.7. The maximum absolute atomic E-state index is 13.0. The van der Waals surface area contributed by atoms with Gasteiger partial charge in [-0.25, -0.2) is 4.39 Å². The van der Waals surface area contributed by atoms with E-state index < -0.39 is 29.6 Å². The molecule has 0 spiro atoms. The Balaban J connectivity index is 2.10. The van der Waals surface area contributed by atoms with Crippen LogP contribution in [0, 0.1) is 0 Å². The lowest BCUT2D eigenvalue weighted by Crippen LogP contribution is -2.43. The monoisotopic (exact) mass is 346 g/mol. The molecule has 2 atom stereocenters. The number of hydrogen-bond donors (Lipinski definition) is 2. The minimum atomic E-state index is -1.32. The number of alkyl halides is 3. The molecule has 8 heteroatoms. The number of benzene rings is 1. The molecule has 0 bridgehead atoms. The lowest BCUT2D eigenvalue weighted by Gasteiger charge is -2.22. The second kappa shape index (κ2) is 7.58. The van der Waals surface area contributed by atoms with E-state index in [0.717, 1.165) is 5.56 Å². The molecule has 0 saturated heterocycles. The van der Waals surface area contributed by atoms with Crippen molar-refractivity contribution in [2.45, 2.75) is 17.0 Å². The molecule has 22 heavy (non-hydrogen) atoms. The van der Waals surface area contributed by atoms with E-state index >= 15 is 0 Å². The van der Waals surface area contributed by atoms with Crippen LogP contribution in [0.2, 0.25) is 0 Å². The first-order valence-corrected chi connectivity index (χ1v) is 7.23. The van der Waals surface area contributed by atoms with Crippen LogP contribution in [0.25, 0.3) is 11.3 Å². The van der Waals surface area contributed by atoms with E-state index in [1.165, 1.54) is 6.20 Å². The van der Waals surface area contributed by atoms with Crippen LogP contribution < -0.4 is 5.32 Å². The van der Waals surface area contributed by atoms with Gasteiger partial charge in [-0.3, -0.25) is 4.79 Å². The lowest BCUT2D eigenvalue weighted by molar-refractivity contribution is -0.121. The molecule has 1 heterocycles. The van der Waals surface area contributed by atoms with Gasteiger partial charge in [-0.2, -0.15) is 0 Å². The SMILES string of the molecule is O=C(NC(CF)C(O)c1ccc(-c2ccno2)cc1)C(Cl)Cl. The van der Waals surface area contributed by atoms with Crippen molar-refractivity contribution in [1.29, 1.82) is 0 Å². The summed E-state index contributed by atoms with van der Waals surface area (Å²) in [4.78, 5) is 10.1. The molecule has 0 radical (unpaired) electrons. The third-order valence-electron chi connectivity index (χ3n) is 3.05. The van der Waals surface area contributed by atoms with Gasteiger partial charge in [0.05, 0.1) is 12.2 Å². The van der Waals surface area contributed by atoms with Crippen molar-refractivity contribution in [3.63, 3.8) is 0 Å². The molecule has 0 fully saturated rings. The van der Waals surface area contributed by atoms with Crippen LogP contribution in [0.15, 0.2) is 41.1 Å². The summed E-state index contributed by atoms with van der Waals surface area (Å²) in [6.07, 6.45) is 0.284. The molecule has 0 aliphatic rings. The van der Waals surface area contributed by atoms with E-state index in [-0.39, 0.29) is 0 Å². The van der Waals surface area contributed by atoms with Gasteiger partial charge in [-0.05, 0) is 5.56 Å². The highest BCUT2D eigenvalue weighted by Gasteiger charge is 2.25. The molecular weight excluding hydrogens is 334 g/mol. The minimum Gasteiger partial charge on any atom is -0.386 e. The Morgan fingerprint density at radius 2 is 2.00 bits per heavy atom. The Kier molecular flexibility index (Phi) is 5.76. The predicted octanol–water partition coefficient (Wildman–Crippen LogP) is 2.63. The zero-order valence-corrected chi connectivity index (χ0v) is 12.8. The van der Waals surface area contributed by atoms with Crippen molar-refractivity contribution in [3.05, 3.63) is 42.1 Å². The molecule has 118 valence electrons. The molecule has 2 rings (SSSR count). The van der Waals surface area contributed by atoms with Crippen LogP contribution in [0.1, 0.15) is 11.7 Å². The van der Waals surface area contributed by atoms with Gasteiger partial charge in [-0.15, -0.1) is 0 Å². The molecule has 2 unspecified atom stereocenters. The van der Waals surface area contributed by atoms with Crippen LogP contribution in [-0.2, 0) is 4.79 Å². The van der Waals surface area contributed by atoms with Crippen molar-refractivity contribution in [2.24, 2.45) is 0 Å². The van der Waals surface area contributed by atoms with Crippen molar-refractivity contribution >= 4 is 29.1 Å². The highest BCUT2D eigenvalue weighted by molar-refractivity contribution is 6.53. The van der Waals surface area contributed by atoms with Gasteiger partial charge in [0.2, 0.25) is 0 Å². The average Bonchev–Trinajstić information content (AvgIpc) is 3.06. The highest BCUT2D eigenvalue weighted by Crippen LogP contribution is 2.23. The van der Waals surface area contributed by atoms with Gasteiger partial charge < -0.3 is 14.9 Å². The number of carbonyl (C=O) groups excluding carboxylic acids is 1. The lowest BCUT2D eigenvalue weighted by atomic mass is 10.0. The van der Waals surface area contributed by atoms with Crippen molar-refractivity contribution in [2.75, 3.05) is 6.67 Å². The third-order valence-corrected chi connectivity index (χ3v) is 3.44. The maximum Gasteiger partial charge on any atom is 0.253 e. The van der Waals surface area contributed by atoms with E-state index in [0.29, 0.717) is 11.3 Å². The first-order valence-electron chi connectivity index (χ1n) is 6.36. The van der Waals surface area contributed by atoms with Gasteiger partial charge in [0.25, 0.3) is 5.91 Å². The molecule has 1 aromatic heterocycles. The molecule has 0 saturated carbocycles. The van der Waals surface area contributed by atoms with Gasteiger partial charge in [-0.1, -0.05) is 52.6 Å². The van der Waals surface area contributed by atoms with Crippen molar-refractivity contribution < 1.29 is 18.8 Å². The predicted molar refractivity (Wildman–Crippen MR) is 80.3 cm³/mol. The molecule has 5 nitrogen and oxygen atoms in total. The fourth-order valence-electron chi connectivity index (χ4n) is 1.89. The summed E-state index contributed by atoms with van der Waals surface area (Å²) in [5.74, 6) is -0.188. The largest absolute Gasteiger partial charge is 0.386 e. The number of aromatic nitrogens is 1. The topological polar surface area (TPSA) is 75.4 Å². The second-order valence-electron chi connectivity index (χ2n) is 4.51. The van der Waals surface area contributed by atoms with Gasteiger partial charge in [0.1, 0.15) is 12.8 Å². The molecule has 1 amide bonds. The normalized spacial score (nSPS) is 13.9. The van der Waals surface area contributed by atoms with Gasteiger partial charge in [0.15, 0.2) is 10.6 Å². The van der Waals surface area contributed by atoms with Gasteiger partial charge >= 0.3 is 0 Å². The Morgan fingerprint density at radius 3 is 2.50 bits per heavy atom. The quantitative estimate of drug-likeness (QED) is 0.788. The number of aliphatic hydroxyl groups excluding tert-OH is 1. The summed E-state index contributed by atoms with van der Waals surface area (Å²) in [5.41, 5.74) is 1.20. The Hall–Kier alpha value is -1.63. The number of nitrogens with zero attached hydrogens (tertiary/aromatic N) is 1. The fourth-order valence-corrected chi connectivity index (χ4v) is 2.02. The third kappa shape index (κ3) is 3.97. The molecular formula is C14H13Cl2FN2O3. The molecule has 0 aliphatic heterocycles. The number of aliphatic hydroxyl groups is 1. The molecule has 1 aromatic carbocycles. The number of amides is 1. The summed E-state index contributed by atoms with van der Waals surface area (Å²) < 4.78 is 18.0. The van der Waals surface area contributed by atoms with Crippen molar-refractivity contribution in [3.8, 4) is 11.3 Å². The summed E-state index contributed by atoms with van der Waals surface area (Å²) in [6.45, 7) is -0.961. The number of nitrogens with one attached hydrogen (secondary N) is 1. The maximum atomic E-state index is 13.0. The van der Waals surface area contributed by atoms with Crippen LogP contribution in [0.5, 0.6) is 0 Å². The molecule has 2 aromatic rings. The second-order valence-corrected chi connectivity index (χ2v) is 5.61. The van der Waals surface area contributed by atoms with E-state index in [2.05, 4.69) is 10.5 Å². The Bertz CT molecular complexity index is 605. The van der Waals surface area contributed by atoms with Crippen LogP contribution in [-0.4, -0.2) is 33.7 Å². The Labute approximate surface area is 136 Å². The summed E-state index contributed by atoms with van der Waals surface area (Å²) >= 11 is 10.8. The summed E-state index contributed by atoms with van der Waals surface area (Å²) in [7, 11) is 0. The zero-order valence-electron chi connectivity index (χ0n) is 11.2.